The normalized spacial score (nSPS) is 18.6. The molecule has 2 fully saturated rings. The first-order valence-electron chi connectivity index (χ1n) is 14.8. The topological polar surface area (TPSA) is 114 Å². The van der Waals surface area contributed by atoms with Crippen molar-refractivity contribution in [1.82, 2.24) is 24.9 Å². The summed E-state index contributed by atoms with van der Waals surface area (Å²) in [6.07, 6.45) is 8.91. The summed E-state index contributed by atoms with van der Waals surface area (Å²) in [4.78, 5) is 47.8. The molecule has 4 N–H and O–H groups in total. The zero-order chi connectivity index (χ0) is 30.7. The number of nitrogens with two attached hydrogens (primary N) is 1. The van der Waals surface area contributed by atoms with Crippen molar-refractivity contribution in [2.24, 2.45) is 0 Å². The van der Waals surface area contributed by atoms with Crippen LogP contribution in [-0.4, -0.2) is 96.0 Å². The van der Waals surface area contributed by atoms with E-state index in [-0.39, 0.29) is 30.4 Å². The van der Waals surface area contributed by atoms with Gasteiger partial charge < -0.3 is 36.0 Å². The Bertz CT molecular complexity index is 1410. The molecule has 2 saturated heterocycles. The number of nitrogens with zero attached hydrogens (tertiary/aromatic N) is 4. The van der Waals surface area contributed by atoms with Crippen LogP contribution in [0.25, 0.3) is 0 Å². The monoisotopic (exact) mass is 605 g/mol. The summed E-state index contributed by atoms with van der Waals surface area (Å²) in [5.74, 6) is 2.43. The van der Waals surface area contributed by atoms with E-state index in [0.717, 1.165) is 29.7 Å². The minimum atomic E-state index is -0.796. The molecule has 5 amide bonds. The van der Waals surface area contributed by atoms with Gasteiger partial charge >= 0.3 is 12.1 Å². The molecule has 0 spiro atoms. The van der Waals surface area contributed by atoms with Gasteiger partial charge in [-0.3, -0.25) is 4.79 Å². The maximum absolute atomic E-state index is 13.8. The Kier molecular flexibility index (Phi) is 9.33. The van der Waals surface area contributed by atoms with Gasteiger partial charge in [-0.2, -0.15) is 0 Å². The zero-order valence-corrected chi connectivity index (χ0v) is 25.6. The third kappa shape index (κ3) is 6.84. The summed E-state index contributed by atoms with van der Waals surface area (Å²) in [6.45, 7) is 2.75. The van der Waals surface area contributed by atoms with E-state index < -0.39 is 6.04 Å². The van der Waals surface area contributed by atoms with E-state index in [1.807, 2.05) is 34.1 Å². The van der Waals surface area contributed by atoms with Gasteiger partial charge in [-0.15, -0.1) is 6.42 Å². The smallest absolute Gasteiger partial charge is 0.322 e. The standard InChI is InChI=1S/C32H40ClN7O3/c1-4-22-17-21(18-26(33)29(22)34)19-28(30(41)38-13-9-24(10-14-38)37(2)3)36-31(42)39-15-11-25(12-16-39)40-20-23-7-5-6-8-27(23)35-32(40)43/h1,5-8,17-18,24-25,28H,9-16,19-20,34H2,2-3H3,(H,35,43)(H,36,42)/t28-/m1/s1. The molecule has 0 unspecified atom stereocenters. The molecule has 3 heterocycles. The van der Waals surface area contributed by atoms with Crippen LogP contribution in [0, 0.1) is 12.3 Å². The summed E-state index contributed by atoms with van der Waals surface area (Å²) in [6, 6.07) is 10.5. The fourth-order valence-corrected chi connectivity index (χ4v) is 6.55. The number of fused-ring (bicyclic) bond motifs is 1. The highest BCUT2D eigenvalue weighted by Gasteiger charge is 2.35. The molecule has 2 aromatic rings. The van der Waals surface area contributed by atoms with Crippen LogP contribution in [0.5, 0.6) is 0 Å². The van der Waals surface area contributed by atoms with Crippen molar-refractivity contribution in [3.63, 3.8) is 0 Å². The number of nitrogen functional groups attached to an aromatic ring is 1. The lowest BCUT2D eigenvalue weighted by molar-refractivity contribution is -0.134. The van der Waals surface area contributed by atoms with Crippen LogP contribution in [-0.2, 0) is 17.8 Å². The highest BCUT2D eigenvalue weighted by Crippen LogP contribution is 2.28. The number of urea groups is 2. The highest BCUT2D eigenvalue weighted by molar-refractivity contribution is 6.33. The molecule has 11 heteroatoms. The van der Waals surface area contributed by atoms with Crippen LogP contribution in [0.4, 0.5) is 21.0 Å². The molecule has 3 aliphatic rings. The maximum Gasteiger partial charge on any atom is 0.322 e. The highest BCUT2D eigenvalue weighted by atomic mass is 35.5. The number of carbonyl (C=O) groups is 3. The molecule has 1 atom stereocenters. The van der Waals surface area contributed by atoms with Crippen molar-refractivity contribution < 1.29 is 14.4 Å². The number of likely N-dealkylation sites (tertiary alicyclic amines) is 2. The Morgan fingerprint density at radius 2 is 1.79 bits per heavy atom. The molecule has 2 aromatic carbocycles. The second-order valence-corrected chi connectivity index (χ2v) is 12.3. The molecular formula is C32H40ClN7O3. The summed E-state index contributed by atoms with van der Waals surface area (Å²) >= 11 is 6.35. The fourth-order valence-electron chi connectivity index (χ4n) is 6.31. The van der Waals surface area contributed by atoms with Crippen molar-refractivity contribution in [3.05, 3.63) is 58.1 Å². The van der Waals surface area contributed by atoms with Gasteiger partial charge in [-0.25, -0.2) is 9.59 Å². The van der Waals surface area contributed by atoms with E-state index in [2.05, 4.69) is 35.5 Å². The molecular weight excluding hydrogens is 566 g/mol. The first-order chi connectivity index (χ1) is 20.6. The number of amides is 5. The number of carbonyl (C=O) groups excluding carboxylic acids is 3. The van der Waals surface area contributed by atoms with E-state index >= 15 is 0 Å². The van der Waals surface area contributed by atoms with Crippen molar-refractivity contribution in [2.45, 2.75) is 56.8 Å². The van der Waals surface area contributed by atoms with Gasteiger partial charge in [0, 0.05) is 62.5 Å². The second-order valence-electron chi connectivity index (χ2n) is 11.8. The number of anilines is 2. The number of para-hydroxylation sites is 1. The van der Waals surface area contributed by atoms with Crippen molar-refractivity contribution in [2.75, 3.05) is 51.3 Å². The summed E-state index contributed by atoms with van der Waals surface area (Å²) in [5.41, 5.74) is 9.45. The van der Waals surface area contributed by atoms with Crippen LogP contribution in [0.2, 0.25) is 5.02 Å². The Labute approximate surface area is 258 Å². The fraction of sp³-hybridized carbons (Fsp3) is 0.469. The van der Waals surface area contributed by atoms with Crippen LogP contribution in [0.3, 0.4) is 0 Å². The molecule has 43 heavy (non-hydrogen) atoms. The largest absolute Gasteiger partial charge is 0.397 e. The molecule has 10 nitrogen and oxygen atoms in total. The van der Waals surface area contributed by atoms with Gasteiger partial charge in [0.1, 0.15) is 6.04 Å². The number of hydrogen-bond acceptors (Lipinski definition) is 5. The summed E-state index contributed by atoms with van der Waals surface area (Å²) in [5, 5.41) is 6.32. The van der Waals surface area contributed by atoms with Crippen LogP contribution >= 0.6 is 11.6 Å². The number of benzene rings is 2. The van der Waals surface area contributed by atoms with Gasteiger partial charge in [-0.05, 0) is 69.1 Å². The van der Waals surface area contributed by atoms with Gasteiger partial charge in [0.05, 0.1) is 10.7 Å². The van der Waals surface area contributed by atoms with Crippen LogP contribution < -0.4 is 16.4 Å². The van der Waals surface area contributed by atoms with Crippen molar-refractivity contribution in [1.29, 1.82) is 0 Å². The second kappa shape index (κ2) is 13.1. The Morgan fingerprint density at radius 1 is 1.12 bits per heavy atom. The minimum absolute atomic E-state index is 0.0203. The van der Waals surface area contributed by atoms with Gasteiger partial charge in [0.2, 0.25) is 5.91 Å². The average Bonchev–Trinajstić information content (AvgIpc) is 3.01. The first-order valence-corrected chi connectivity index (χ1v) is 15.2. The average molecular weight is 606 g/mol. The molecule has 0 bridgehead atoms. The first kappa shape index (κ1) is 30.5. The Morgan fingerprint density at radius 3 is 2.47 bits per heavy atom. The molecule has 0 radical (unpaired) electrons. The van der Waals surface area contributed by atoms with Crippen LogP contribution in [0.1, 0.15) is 42.4 Å². The lowest BCUT2D eigenvalue weighted by atomic mass is 9.99. The number of hydrogen-bond donors (Lipinski definition) is 3. The van der Waals surface area contributed by atoms with Gasteiger partial charge in [0.25, 0.3) is 0 Å². The van der Waals surface area contributed by atoms with Gasteiger partial charge in [-0.1, -0.05) is 35.7 Å². The molecule has 3 aliphatic heterocycles. The van der Waals surface area contributed by atoms with Gasteiger partial charge in [0.15, 0.2) is 0 Å². The quantitative estimate of drug-likeness (QED) is 0.344. The van der Waals surface area contributed by atoms with Crippen molar-refractivity contribution >= 4 is 40.9 Å². The van der Waals surface area contributed by atoms with E-state index in [1.165, 1.54) is 0 Å². The van der Waals surface area contributed by atoms with Crippen molar-refractivity contribution in [3.8, 4) is 12.3 Å². The van der Waals surface area contributed by atoms with E-state index in [9.17, 15) is 14.4 Å². The zero-order valence-electron chi connectivity index (χ0n) is 24.8. The number of halogens is 1. The summed E-state index contributed by atoms with van der Waals surface area (Å²) < 4.78 is 0. The Hall–Kier alpha value is -3.94. The third-order valence-corrected chi connectivity index (χ3v) is 9.25. The number of piperidine rings is 2. The molecule has 0 aromatic heterocycles. The third-order valence-electron chi connectivity index (χ3n) is 8.94. The SMILES string of the molecule is C#Cc1cc(C[C@@H](NC(=O)N2CCC(N3Cc4ccccc4NC3=O)CC2)C(=O)N2CCC(N(C)C)CC2)cc(Cl)c1N. The van der Waals surface area contributed by atoms with E-state index in [4.69, 9.17) is 23.8 Å². The molecule has 228 valence electrons. The Balaban J connectivity index is 1.25. The van der Waals surface area contributed by atoms with E-state index in [1.54, 1.807) is 17.0 Å². The lowest BCUT2D eigenvalue weighted by Crippen LogP contribution is -2.57. The number of nitrogens with one attached hydrogen (secondary N) is 2. The predicted molar refractivity (Wildman–Crippen MR) is 169 cm³/mol. The molecule has 5 rings (SSSR count). The van der Waals surface area contributed by atoms with Crippen LogP contribution in [0.15, 0.2) is 36.4 Å². The van der Waals surface area contributed by atoms with E-state index in [0.29, 0.717) is 67.9 Å². The minimum Gasteiger partial charge on any atom is -0.397 e. The predicted octanol–water partition coefficient (Wildman–Crippen LogP) is 3.59. The molecule has 0 aliphatic carbocycles. The number of terminal acetylenes is 1. The number of rotatable bonds is 6. The molecule has 0 saturated carbocycles. The maximum atomic E-state index is 13.8. The lowest BCUT2D eigenvalue weighted by Gasteiger charge is -2.41. The summed E-state index contributed by atoms with van der Waals surface area (Å²) in [7, 11) is 4.11.